The van der Waals surface area contributed by atoms with Crippen molar-refractivity contribution in [3.63, 3.8) is 0 Å². The first-order valence-electron chi connectivity index (χ1n) is 2.97. The Hall–Kier alpha value is -0.0600. The quantitative estimate of drug-likeness (QED) is 0.670. The van der Waals surface area contributed by atoms with Gasteiger partial charge in [-0.25, -0.2) is 4.98 Å². The molecule has 1 rings (SSSR count). The van der Waals surface area contributed by atoms with Crippen LogP contribution in [0.1, 0.15) is 22.9 Å². The van der Waals surface area contributed by atoms with Crippen molar-refractivity contribution in [1.29, 1.82) is 0 Å². The average Bonchev–Trinajstić information content (AvgIpc) is 2.34. The maximum atomic E-state index is 8.65. The van der Waals surface area contributed by atoms with Crippen LogP contribution >= 0.6 is 24.0 Å². The van der Waals surface area contributed by atoms with Crippen LogP contribution in [0.2, 0.25) is 0 Å². The zero-order valence-corrected chi connectivity index (χ0v) is 7.32. The number of nitrogens with zero attached hydrogens (tertiary/aromatic N) is 1. The number of hydrogen-bond acceptors (Lipinski definition) is 4. The summed E-state index contributed by atoms with van der Waals surface area (Å²) in [5.74, 6) is 0. The largest absolute Gasteiger partial charge is 0.390 e. The van der Waals surface area contributed by atoms with E-state index in [-0.39, 0.29) is 11.9 Å². The molecule has 0 aliphatic heterocycles. The van der Waals surface area contributed by atoms with Crippen molar-refractivity contribution in [2.24, 2.45) is 0 Å². The van der Waals surface area contributed by atoms with Crippen LogP contribution in [-0.2, 0) is 6.61 Å². The van der Waals surface area contributed by atoms with Gasteiger partial charge in [0.2, 0.25) is 0 Å². The third-order valence-electron chi connectivity index (χ3n) is 1.09. The van der Waals surface area contributed by atoms with Gasteiger partial charge < -0.3 is 5.11 Å². The average molecular weight is 175 g/mol. The zero-order chi connectivity index (χ0) is 7.56. The van der Waals surface area contributed by atoms with E-state index >= 15 is 0 Å². The van der Waals surface area contributed by atoms with Crippen LogP contribution in [0, 0.1) is 0 Å². The lowest BCUT2D eigenvalue weighted by molar-refractivity contribution is 0.277. The zero-order valence-electron chi connectivity index (χ0n) is 5.61. The second-order valence-electron chi connectivity index (χ2n) is 2.01. The van der Waals surface area contributed by atoms with E-state index in [2.05, 4.69) is 17.6 Å². The van der Waals surface area contributed by atoms with Crippen LogP contribution in [0.4, 0.5) is 0 Å². The molecule has 0 saturated carbocycles. The molecule has 0 radical (unpaired) electrons. The standard InChI is InChI=1S/C6H9NOS2/c1-4(9)6-7-5(2-8)3-10-6/h3-4,8-9H,2H2,1H3. The van der Waals surface area contributed by atoms with E-state index in [1.807, 2.05) is 12.3 Å². The van der Waals surface area contributed by atoms with Crippen molar-refractivity contribution in [1.82, 2.24) is 4.98 Å². The molecule has 10 heavy (non-hydrogen) atoms. The van der Waals surface area contributed by atoms with Crippen LogP contribution in [0.25, 0.3) is 0 Å². The number of thiol groups is 1. The van der Waals surface area contributed by atoms with Crippen LogP contribution in [0.5, 0.6) is 0 Å². The minimum absolute atomic E-state index is 0.0248. The fraction of sp³-hybridized carbons (Fsp3) is 0.500. The van der Waals surface area contributed by atoms with Crippen LogP contribution in [0.3, 0.4) is 0 Å². The van der Waals surface area contributed by atoms with E-state index in [1.165, 1.54) is 11.3 Å². The van der Waals surface area contributed by atoms with Crippen molar-refractivity contribution in [3.8, 4) is 0 Å². The summed E-state index contributed by atoms with van der Waals surface area (Å²) in [5.41, 5.74) is 0.737. The Bertz CT molecular complexity index is 209. The molecule has 0 aliphatic rings. The Morgan fingerprint density at radius 1 is 1.90 bits per heavy atom. The summed E-state index contributed by atoms with van der Waals surface area (Å²) in [6.45, 7) is 1.99. The minimum Gasteiger partial charge on any atom is -0.390 e. The maximum absolute atomic E-state index is 8.65. The van der Waals surface area contributed by atoms with Gasteiger partial charge in [0.05, 0.1) is 17.6 Å². The molecule has 0 spiro atoms. The van der Waals surface area contributed by atoms with Crippen LogP contribution in [0.15, 0.2) is 5.38 Å². The minimum atomic E-state index is 0.0248. The van der Waals surface area contributed by atoms with Crippen molar-refractivity contribution in [2.75, 3.05) is 0 Å². The molecule has 1 N–H and O–H groups in total. The third kappa shape index (κ3) is 1.71. The highest BCUT2D eigenvalue weighted by molar-refractivity contribution is 7.80. The fourth-order valence-electron chi connectivity index (χ4n) is 0.587. The summed E-state index contributed by atoms with van der Waals surface area (Å²) < 4.78 is 0. The number of rotatable bonds is 2. The number of aliphatic hydroxyl groups is 1. The molecule has 56 valence electrons. The predicted molar refractivity (Wildman–Crippen MR) is 45.4 cm³/mol. The van der Waals surface area contributed by atoms with E-state index in [1.54, 1.807) is 0 Å². The number of hydrogen-bond donors (Lipinski definition) is 2. The topological polar surface area (TPSA) is 33.1 Å². The Kier molecular flexibility index (Phi) is 2.71. The molecule has 0 bridgehead atoms. The fourth-order valence-corrected chi connectivity index (χ4v) is 1.58. The summed E-state index contributed by atoms with van der Waals surface area (Å²) in [5, 5.41) is 11.6. The van der Waals surface area contributed by atoms with Gasteiger partial charge in [-0.15, -0.1) is 11.3 Å². The van der Waals surface area contributed by atoms with Gasteiger partial charge in [-0.05, 0) is 6.92 Å². The van der Waals surface area contributed by atoms with E-state index in [0.717, 1.165) is 10.7 Å². The molecular formula is C6H9NOS2. The Balaban J connectivity index is 2.78. The van der Waals surface area contributed by atoms with E-state index in [4.69, 9.17) is 5.11 Å². The second-order valence-corrected chi connectivity index (χ2v) is 3.68. The number of aromatic nitrogens is 1. The molecule has 1 aromatic heterocycles. The summed E-state index contributed by atoms with van der Waals surface area (Å²) in [7, 11) is 0. The molecule has 0 saturated heterocycles. The van der Waals surface area contributed by atoms with Crippen molar-refractivity contribution in [2.45, 2.75) is 18.8 Å². The highest BCUT2D eigenvalue weighted by atomic mass is 32.1. The van der Waals surface area contributed by atoms with Gasteiger partial charge in [0.25, 0.3) is 0 Å². The molecule has 0 fully saturated rings. The first-order valence-corrected chi connectivity index (χ1v) is 4.37. The molecule has 0 aliphatic carbocycles. The maximum Gasteiger partial charge on any atom is 0.105 e. The summed E-state index contributed by atoms with van der Waals surface area (Å²) in [6.07, 6.45) is 0. The molecular weight excluding hydrogens is 166 g/mol. The highest BCUT2D eigenvalue weighted by Crippen LogP contribution is 2.22. The number of aliphatic hydroxyl groups excluding tert-OH is 1. The SMILES string of the molecule is CC(S)c1nc(CO)cs1. The van der Waals surface area contributed by atoms with Crippen LogP contribution in [-0.4, -0.2) is 10.1 Å². The summed E-state index contributed by atoms with van der Waals surface area (Å²) >= 11 is 5.74. The lowest BCUT2D eigenvalue weighted by Gasteiger charge is -1.94. The monoisotopic (exact) mass is 175 g/mol. The normalized spacial score (nSPS) is 13.5. The molecule has 1 aromatic rings. The Morgan fingerprint density at radius 2 is 2.60 bits per heavy atom. The van der Waals surface area contributed by atoms with Gasteiger partial charge >= 0.3 is 0 Å². The molecule has 0 aromatic carbocycles. The van der Waals surface area contributed by atoms with Crippen molar-refractivity contribution in [3.05, 3.63) is 16.1 Å². The van der Waals surface area contributed by atoms with Gasteiger partial charge in [-0.3, -0.25) is 0 Å². The van der Waals surface area contributed by atoms with E-state index in [0.29, 0.717) is 0 Å². The second kappa shape index (κ2) is 3.37. The van der Waals surface area contributed by atoms with Crippen molar-refractivity contribution >= 4 is 24.0 Å². The molecule has 1 unspecified atom stereocenters. The Morgan fingerprint density at radius 3 is 2.90 bits per heavy atom. The highest BCUT2D eigenvalue weighted by Gasteiger charge is 2.04. The molecule has 1 atom stereocenters. The molecule has 4 heteroatoms. The molecule has 0 amide bonds. The smallest absolute Gasteiger partial charge is 0.105 e. The van der Waals surface area contributed by atoms with E-state index < -0.39 is 0 Å². The van der Waals surface area contributed by atoms with Crippen molar-refractivity contribution < 1.29 is 5.11 Å². The van der Waals surface area contributed by atoms with Gasteiger partial charge in [0.15, 0.2) is 0 Å². The molecule has 1 heterocycles. The summed E-state index contributed by atoms with van der Waals surface area (Å²) in [6, 6.07) is 0. The van der Waals surface area contributed by atoms with Crippen LogP contribution < -0.4 is 0 Å². The third-order valence-corrected chi connectivity index (χ3v) is 2.58. The lowest BCUT2D eigenvalue weighted by atomic mass is 10.5. The predicted octanol–water partition coefficient (Wildman–Crippen LogP) is 1.63. The summed E-state index contributed by atoms with van der Waals surface area (Å²) in [4.78, 5) is 4.12. The first kappa shape index (κ1) is 8.04. The van der Waals surface area contributed by atoms with Gasteiger partial charge in [-0.1, -0.05) is 0 Å². The Labute approximate surface area is 69.3 Å². The van der Waals surface area contributed by atoms with Gasteiger partial charge in [-0.2, -0.15) is 12.6 Å². The molecule has 2 nitrogen and oxygen atoms in total. The lowest BCUT2D eigenvalue weighted by Crippen LogP contribution is -1.85. The number of thiazole rings is 1. The van der Waals surface area contributed by atoms with Gasteiger partial charge in [0.1, 0.15) is 5.01 Å². The van der Waals surface area contributed by atoms with E-state index in [9.17, 15) is 0 Å². The van der Waals surface area contributed by atoms with Gasteiger partial charge in [0, 0.05) is 5.38 Å². The first-order chi connectivity index (χ1) is 4.74.